The molecule has 0 unspecified atom stereocenters. The molecule has 7 heteroatoms. The number of amides is 1. The maximum atomic E-state index is 12.6. The Kier molecular flexibility index (Phi) is 8.35. The lowest BCUT2D eigenvalue weighted by molar-refractivity contribution is -0.121. The van der Waals surface area contributed by atoms with Crippen LogP contribution in [0.3, 0.4) is 0 Å². The number of hydrogen-bond donors (Lipinski definition) is 2. The van der Waals surface area contributed by atoms with Gasteiger partial charge >= 0.3 is 0 Å². The van der Waals surface area contributed by atoms with Crippen LogP contribution in [-0.4, -0.2) is 15.9 Å². The molecule has 1 heterocycles. The van der Waals surface area contributed by atoms with Crippen LogP contribution in [0.4, 0.5) is 0 Å². The van der Waals surface area contributed by atoms with Crippen LogP contribution < -0.4 is 15.6 Å². The van der Waals surface area contributed by atoms with Gasteiger partial charge in [0.2, 0.25) is 5.91 Å². The SMILES string of the molecule is Cc1nc(SCc2ccccc2)[nH]c(=O)c1CCC(=O)NCc1ccc(Oc2ccccc2)cc1. The molecule has 0 atom stereocenters. The number of para-hydroxylation sites is 1. The summed E-state index contributed by atoms with van der Waals surface area (Å²) in [5.74, 6) is 2.12. The van der Waals surface area contributed by atoms with E-state index in [0.717, 1.165) is 28.4 Å². The fourth-order valence-electron chi connectivity index (χ4n) is 3.50. The normalized spacial score (nSPS) is 10.7. The second-order valence-electron chi connectivity index (χ2n) is 8.05. The summed E-state index contributed by atoms with van der Waals surface area (Å²) in [6.45, 7) is 2.22. The van der Waals surface area contributed by atoms with E-state index in [1.807, 2.05) is 91.9 Å². The number of aromatic amines is 1. The molecule has 1 amide bonds. The lowest BCUT2D eigenvalue weighted by atomic mass is 10.1. The highest BCUT2D eigenvalue weighted by molar-refractivity contribution is 7.98. The molecule has 6 nitrogen and oxygen atoms in total. The van der Waals surface area contributed by atoms with Crippen molar-refractivity contribution in [3.05, 3.63) is 118 Å². The summed E-state index contributed by atoms with van der Waals surface area (Å²) in [5.41, 5.74) is 3.15. The minimum Gasteiger partial charge on any atom is -0.457 e. The topological polar surface area (TPSA) is 84.1 Å². The van der Waals surface area contributed by atoms with Crippen molar-refractivity contribution in [1.29, 1.82) is 0 Å². The van der Waals surface area contributed by atoms with Gasteiger partial charge in [-0.05, 0) is 48.7 Å². The van der Waals surface area contributed by atoms with E-state index in [9.17, 15) is 9.59 Å². The monoisotopic (exact) mass is 485 g/mol. The summed E-state index contributed by atoms with van der Waals surface area (Å²) in [6, 6.07) is 27.2. The molecule has 0 saturated carbocycles. The van der Waals surface area contributed by atoms with E-state index >= 15 is 0 Å². The molecule has 0 aliphatic heterocycles. The first-order valence-electron chi connectivity index (χ1n) is 11.4. The van der Waals surface area contributed by atoms with Crippen LogP contribution in [0.15, 0.2) is 94.9 Å². The first-order valence-corrected chi connectivity index (χ1v) is 12.4. The highest BCUT2D eigenvalue weighted by atomic mass is 32.2. The van der Waals surface area contributed by atoms with E-state index in [1.165, 1.54) is 11.8 Å². The third-order valence-corrected chi connectivity index (χ3v) is 6.36. The van der Waals surface area contributed by atoms with Crippen molar-refractivity contribution in [3.8, 4) is 11.5 Å². The lowest BCUT2D eigenvalue weighted by Gasteiger charge is -2.09. The highest BCUT2D eigenvalue weighted by Crippen LogP contribution is 2.21. The summed E-state index contributed by atoms with van der Waals surface area (Å²) in [5, 5.41) is 3.50. The average Bonchev–Trinajstić information content (AvgIpc) is 2.88. The Balaban J connectivity index is 1.25. The number of benzene rings is 3. The van der Waals surface area contributed by atoms with Crippen LogP contribution in [-0.2, 0) is 23.5 Å². The largest absolute Gasteiger partial charge is 0.457 e. The standard InChI is InChI=1S/C28H27N3O3S/c1-20-25(27(33)31-28(30-20)35-19-22-8-4-2-5-9-22)16-17-26(32)29-18-21-12-14-24(15-13-21)34-23-10-6-3-7-11-23/h2-15H,16-19H2,1H3,(H,29,32)(H,30,31,33). The Morgan fingerprint density at radius 2 is 1.57 bits per heavy atom. The average molecular weight is 486 g/mol. The van der Waals surface area contributed by atoms with E-state index in [-0.39, 0.29) is 17.9 Å². The molecule has 2 N–H and O–H groups in total. The fraction of sp³-hybridized carbons (Fsp3) is 0.179. The maximum absolute atomic E-state index is 12.6. The summed E-state index contributed by atoms with van der Waals surface area (Å²) < 4.78 is 5.79. The summed E-state index contributed by atoms with van der Waals surface area (Å²) >= 11 is 1.49. The number of aromatic nitrogens is 2. The summed E-state index contributed by atoms with van der Waals surface area (Å²) in [4.78, 5) is 32.3. The summed E-state index contributed by atoms with van der Waals surface area (Å²) in [7, 11) is 0. The van der Waals surface area contributed by atoms with Crippen LogP contribution in [0.5, 0.6) is 11.5 Å². The van der Waals surface area contributed by atoms with Gasteiger partial charge in [-0.25, -0.2) is 4.98 Å². The first kappa shape index (κ1) is 24.3. The van der Waals surface area contributed by atoms with Crippen molar-refractivity contribution in [2.45, 2.75) is 37.2 Å². The molecular formula is C28H27N3O3S. The van der Waals surface area contributed by atoms with Crippen molar-refractivity contribution < 1.29 is 9.53 Å². The number of carbonyl (C=O) groups is 1. The fourth-order valence-corrected chi connectivity index (χ4v) is 4.36. The smallest absolute Gasteiger partial charge is 0.254 e. The minimum atomic E-state index is -0.185. The molecule has 0 aliphatic rings. The lowest BCUT2D eigenvalue weighted by Crippen LogP contribution is -2.25. The Morgan fingerprint density at radius 3 is 2.26 bits per heavy atom. The molecule has 178 valence electrons. The quantitative estimate of drug-likeness (QED) is 0.232. The molecule has 0 aliphatic carbocycles. The number of aryl methyl sites for hydroxylation is 1. The van der Waals surface area contributed by atoms with Crippen LogP contribution in [0.2, 0.25) is 0 Å². The van der Waals surface area contributed by atoms with Gasteiger partial charge in [-0.2, -0.15) is 0 Å². The van der Waals surface area contributed by atoms with Crippen molar-refractivity contribution >= 4 is 17.7 Å². The molecule has 35 heavy (non-hydrogen) atoms. The van der Waals surface area contributed by atoms with Crippen LogP contribution >= 0.6 is 11.8 Å². The Morgan fingerprint density at radius 1 is 0.914 bits per heavy atom. The molecule has 0 bridgehead atoms. The molecule has 4 aromatic rings. The zero-order chi connectivity index (χ0) is 24.5. The molecule has 4 rings (SSSR count). The van der Waals surface area contributed by atoms with Crippen molar-refractivity contribution in [2.24, 2.45) is 0 Å². The van der Waals surface area contributed by atoms with E-state index in [4.69, 9.17) is 4.74 Å². The maximum Gasteiger partial charge on any atom is 0.254 e. The van der Waals surface area contributed by atoms with E-state index in [0.29, 0.717) is 29.4 Å². The molecule has 1 aromatic heterocycles. The van der Waals surface area contributed by atoms with Crippen molar-refractivity contribution in [1.82, 2.24) is 15.3 Å². The van der Waals surface area contributed by atoms with Crippen molar-refractivity contribution in [3.63, 3.8) is 0 Å². The van der Waals surface area contributed by atoms with Gasteiger partial charge in [0, 0.05) is 30.0 Å². The third-order valence-electron chi connectivity index (χ3n) is 5.41. The van der Waals surface area contributed by atoms with E-state index in [2.05, 4.69) is 15.3 Å². The third kappa shape index (κ3) is 7.32. The second kappa shape index (κ2) is 12.0. The number of ether oxygens (including phenoxy) is 1. The van der Waals surface area contributed by atoms with Gasteiger partial charge < -0.3 is 15.0 Å². The van der Waals surface area contributed by atoms with Gasteiger partial charge in [-0.1, -0.05) is 72.4 Å². The number of hydrogen-bond acceptors (Lipinski definition) is 5. The first-order chi connectivity index (χ1) is 17.1. The van der Waals surface area contributed by atoms with Crippen LogP contribution in [0, 0.1) is 6.92 Å². The summed E-state index contributed by atoms with van der Waals surface area (Å²) in [6.07, 6.45) is 0.560. The van der Waals surface area contributed by atoms with Gasteiger partial charge in [0.05, 0.1) is 0 Å². The highest BCUT2D eigenvalue weighted by Gasteiger charge is 2.11. The van der Waals surface area contributed by atoms with Crippen LogP contribution in [0.1, 0.15) is 28.8 Å². The van der Waals surface area contributed by atoms with Crippen LogP contribution in [0.25, 0.3) is 0 Å². The zero-order valence-electron chi connectivity index (χ0n) is 19.5. The Labute approximate surface area is 208 Å². The van der Waals surface area contributed by atoms with Crippen molar-refractivity contribution in [2.75, 3.05) is 0 Å². The number of rotatable bonds is 10. The Bertz CT molecular complexity index is 1310. The van der Waals surface area contributed by atoms with E-state index < -0.39 is 0 Å². The predicted molar refractivity (Wildman–Crippen MR) is 139 cm³/mol. The number of H-pyrrole nitrogens is 1. The molecular weight excluding hydrogens is 458 g/mol. The van der Waals surface area contributed by atoms with Gasteiger partial charge in [0.1, 0.15) is 11.5 Å². The van der Waals surface area contributed by atoms with E-state index in [1.54, 1.807) is 0 Å². The second-order valence-corrected chi connectivity index (χ2v) is 9.01. The number of nitrogens with one attached hydrogen (secondary N) is 2. The molecule has 0 fully saturated rings. The molecule has 0 spiro atoms. The van der Waals surface area contributed by atoms with Gasteiger partial charge in [-0.3, -0.25) is 9.59 Å². The zero-order valence-corrected chi connectivity index (χ0v) is 20.3. The molecule has 0 radical (unpaired) electrons. The number of thioether (sulfide) groups is 1. The van der Waals surface area contributed by atoms with Gasteiger partial charge in [0.15, 0.2) is 5.16 Å². The van der Waals surface area contributed by atoms with Gasteiger partial charge in [0.25, 0.3) is 5.56 Å². The number of carbonyl (C=O) groups excluding carboxylic acids is 1. The minimum absolute atomic E-state index is 0.115. The van der Waals surface area contributed by atoms with Gasteiger partial charge in [-0.15, -0.1) is 0 Å². The number of nitrogens with zero attached hydrogens (tertiary/aromatic N) is 1. The molecule has 3 aromatic carbocycles. The molecule has 0 saturated heterocycles. The Hall–Kier alpha value is -3.84. The predicted octanol–water partition coefficient (Wildman–Crippen LogP) is 5.41.